The van der Waals surface area contributed by atoms with E-state index in [1.54, 1.807) is 24.0 Å². The van der Waals surface area contributed by atoms with E-state index >= 15 is 0 Å². The van der Waals surface area contributed by atoms with Crippen molar-refractivity contribution < 1.29 is 14.7 Å². The van der Waals surface area contributed by atoms with Crippen molar-refractivity contribution in [2.75, 3.05) is 11.4 Å². The van der Waals surface area contributed by atoms with Crippen LogP contribution in [0.15, 0.2) is 12.1 Å². The molecule has 1 aliphatic heterocycles. The monoisotopic (exact) mass is 267 g/mol. The number of hydrogen-bond acceptors (Lipinski definition) is 2. The molecule has 5 heteroatoms. The summed E-state index contributed by atoms with van der Waals surface area (Å²) >= 11 is 6.06. The van der Waals surface area contributed by atoms with Crippen molar-refractivity contribution in [3.8, 4) is 0 Å². The van der Waals surface area contributed by atoms with Crippen molar-refractivity contribution in [3.05, 3.63) is 28.3 Å². The van der Waals surface area contributed by atoms with E-state index in [1.807, 2.05) is 0 Å². The van der Waals surface area contributed by atoms with Gasteiger partial charge < -0.3 is 10.0 Å². The Morgan fingerprint density at radius 3 is 2.67 bits per heavy atom. The summed E-state index contributed by atoms with van der Waals surface area (Å²) < 4.78 is 0. The number of halogens is 1. The first kappa shape index (κ1) is 12.9. The minimum Gasteiger partial charge on any atom is -0.481 e. The zero-order valence-corrected chi connectivity index (χ0v) is 11.0. The first-order chi connectivity index (χ1) is 8.43. The third kappa shape index (κ3) is 1.97. The smallest absolute Gasteiger partial charge is 0.311 e. The van der Waals surface area contributed by atoms with Gasteiger partial charge in [0.2, 0.25) is 5.91 Å². The maximum absolute atomic E-state index is 11.6. The van der Waals surface area contributed by atoms with Crippen LogP contribution in [0.25, 0.3) is 0 Å². The molecule has 0 radical (unpaired) electrons. The van der Waals surface area contributed by atoms with Gasteiger partial charge in [0, 0.05) is 18.5 Å². The van der Waals surface area contributed by atoms with Gasteiger partial charge in [-0.2, -0.15) is 0 Å². The summed E-state index contributed by atoms with van der Waals surface area (Å²) in [6, 6.07) is 3.40. The molecule has 1 amide bonds. The Balaban J connectivity index is 2.64. The Labute approximate surface area is 110 Å². The molecule has 0 bridgehead atoms. The summed E-state index contributed by atoms with van der Waals surface area (Å²) in [6.45, 7) is 3.70. The van der Waals surface area contributed by atoms with Gasteiger partial charge in [0.05, 0.1) is 11.6 Å². The lowest BCUT2D eigenvalue weighted by Gasteiger charge is -2.33. The highest BCUT2D eigenvalue weighted by Gasteiger charge is 2.33. The minimum absolute atomic E-state index is 0.0922. The molecular formula is C13H14ClNO3. The molecule has 1 unspecified atom stereocenters. The molecule has 0 aromatic heterocycles. The van der Waals surface area contributed by atoms with Crippen LogP contribution in [0.1, 0.15) is 30.4 Å². The number of carbonyl (C=O) groups is 2. The number of hydrogen-bond donors (Lipinski definition) is 1. The minimum atomic E-state index is -0.860. The molecule has 0 saturated heterocycles. The molecule has 96 valence electrons. The number of carbonyl (C=O) groups excluding carboxylic acids is 1. The highest BCUT2D eigenvalue weighted by molar-refractivity contribution is 6.32. The second kappa shape index (κ2) is 4.61. The molecule has 4 nitrogen and oxygen atoms in total. The van der Waals surface area contributed by atoms with Gasteiger partial charge in [-0.15, -0.1) is 0 Å². The lowest BCUT2D eigenvalue weighted by Crippen LogP contribution is -2.37. The lowest BCUT2D eigenvalue weighted by atomic mass is 9.88. The third-order valence-corrected chi connectivity index (χ3v) is 3.77. The van der Waals surface area contributed by atoms with E-state index in [1.165, 1.54) is 6.92 Å². The van der Waals surface area contributed by atoms with Gasteiger partial charge in [-0.1, -0.05) is 17.7 Å². The zero-order valence-electron chi connectivity index (χ0n) is 10.2. The van der Waals surface area contributed by atoms with Gasteiger partial charge in [0.15, 0.2) is 0 Å². The van der Waals surface area contributed by atoms with Gasteiger partial charge in [-0.05, 0) is 30.5 Å². The highest BCUT2D eigenvalue weighted by atomic mass is 35.5. The molecule has 0 fully saturated rings. The van der Waals surface area contributed by atoms with Crippen molar-refractivity contribution in [1.29, 1.82) is 0 Å². The number of benzene rings is 1. The van der Waals surface area contributed by atoms with E-state index in [0.29, 0.717) is 29.2 Å². The molecular weight excluding hydrogens is 254 g/mol. The van der Waals surface area contributed by atoms with E-state index in [4.69, 9.17) is 11.6 Å². The van der Waals surface area contributed by atoms with Crippen LogP contribution in [-0.2, 0) is 9.59 Å². The van der Waals surface area contributed by atoms with E-state index in [2.05, 4.69) is 0 Å². The Morgan fingerprint density at radius 1 is 1.44 bits per heavy atom. The normalized spacial score (nSPS) is 18.4. The van der Waals surface area contributed by atoms with Gasteiger partial charge in [0.1, 0.15) is 0 Å². The van der Waals surface area contributed by atoms with Crippen LogP contribution in [0, 0.1) is 6.92 Å². The lowest BCUT2D eigenvalue weighted by molar-refractivity contribution is -0.139. The number of rotatable bonds is 1. The van der Waals surface area contributed by atoms with Gasteiger partial charge >= 0.3 is 5.97 Å². The highest BCUT2D eigenvalue weighted by Crippen LogP contribution is 2.40. The number of fused-ring (bicyclic) bond motifs is 1. The molecule has 1 heterocycles. The van der Waals surface area contributed by atoms with Crippen LogP contribution in [0.4, 0.5) is 5.69 Å². The number of nitrogens with zero attached hydrogens (tertiary/aromatic N) is 1. The van der Waals surface area contributed by atoms with Crippen molar-refractivity contribution >= 4 is 29.2 Å². The zero-order chi connectivity index (χ0) is 13.4. The fourth-order valence-corrected chi connectivity index (χ4v) is 2.59. The Kier molecular flexibility index (Phi) is 3.30. The third-order valence-electron chi connectivity index (χ3n) is 3.36. The SMILES string of the molecule is CC(=O)N1CCC(C(=O)O)c2ccc(Cl)c(C)c21. The fraction of sp³-hybridized carbons (Fsp3) is 0.385. The molecule has 1 N–H and O–H groups in total. The molecule has 2 rings (SSSR count). The molecule has 0 aliphatic carbocycles. The molecule has 1 aliphatic rings. The Hall–Kier alpha value is -1.55. The Morgan fingerprint density at radius 2 is 2.11 bits per heavy atom. The molecule has 18 heavy (non-hydrogen) atoms. The summed E-state index contributed by atoms with van der Waals surface area (Å²) in [5.41, 5.74) is 2.09. The summed E-state index contributed by atoms with van der Waals surface area (Å²) in [4.78, 5) is 24.5. The van der Waals surface area contributed by atoms with Crippen molar-refractivity contribution in [2.45, 2.75) is 26.2 Å². The quantitative estimate of drug-likeness (QED) is 0.851. The van der Waals surface area contributed by atoms with Crippen LogP contribution in [0.5, 0.6) is 0 Å². The van der Waals surface area contributed by atoms with E-state index in [0.717, 1.165) is 5.56 Å². The van der Waals surface area contributed by atoms with Gasteiger partial charge in [-0.3, -0.25) is 9.59 Å². The predicted molar refractivity (Wildman–Crippen MR) is 69.2 cm³/mol. The number of carboxylic acids is 1. The van der Waals surface area contributed by atoms with Crippen molar-refractivity contribution in [3.63, 3.8) is 0 Å². The topological polar surface area (TPSA) is 57.6 Å². The summed E-state index contributed by atoms with van der Waals surface area (Å²) in [7, 11) is 0. The van der Waals surface area contributed by atoms with Crippen molar-refractivity contribution in [2.24, 2.45) is 0 Å². The van der Waals surface area contributed by atoms with E-state index in [9.17, 15) is 14.7 Å². The average Bonchev–Trinajstić information content (AvgIpc) is 2.32. The Bertz CT molecular complexity index is 527. The maximum Gasteiger partial charge on any atom is 0.311 e. The number of anilines is 1. The van der Waals surface area contributed by atoms with Crippen LogP contribution in [0.3, 0.4) is 0 Å². The first-order valence-electron chi connectivity index (χ1n) is 5.73. The molecule has 1 atom stereocenters. The van der Waals surface area contributed by atoms with Crippen LogP contribution in [0.2, 0.25) is 5.02 Å². The largest absolute Gasteiger partial charge is 0.481 e. The molecule has 0 saturated carbocycles. The molecule has 1 aromatic carbocycles. The van der Waals surface area contributed by atoms with Crippen LogP contribution in [-0.4, -0.2) is 23.5 Å². The van der Waals surface area contributed by atoms with Gasteiger partial charge in [-0.25, -0.2) is 0 Å². The maximum atomic E-state index is 11.6. The van der Waals surface area contributed by atoms with Crippen LogP contribution >= 0.6 is 11.6 Å². The summed E-state index contributed by atoms with van der Waals surface area (Å²) in [5, 5.41) is 9.78. The second-order valence-electron chi connectivity index (χ2n) is 4.46. The number of carboxylic acid groups (broad SMARTS) is 1. The molecule has 1 aromatic rings. The van der Waals surface area contributed by atoms with Gasteiger partial charge in [0.25, 0.3) is 0 Å². The first-order valence-corrected chi connectivity index (χ1v) is 6.11. The van der Waals surface area contributed by atoms with E-state index in [-0.39, 0.29) is 5.91 Å². The predicted octanol–water partition coefficient (Wildman–Crippen LogP) is 2.57. The molecule has 0 spiro atoms. The summed E-state index contributed by atoms with van der Waals surface area (Å²) in [6.07, 6.45) is 0.434. The van der Waals surface area contributed by atoms with Crippen molar-refractivity contribution in [1.82, 2.24) is 0 Å². The second-order valence-corrected chi connectivity index (χ2v) is 4.87. The number of aliphatic carboxylic acids is 1. The standard InChI is InChI=1S/C13H14ClNO3/c1-7-11(14)4-3-9-10(13(17)18)5-6-15(8(2)16)12(7)9/h3-4,10H,5-6H2,1-2H3,(H,17,18). The average molecular weight is 268 g/mol. The fourth-order valence-electron chi connectivity index (χ4n) is 2.43. The van der Waals surface area contributed by atoms with E-state index < -0.39 is 11.9 Å². The number of amides is 1. The van der Waals surface area contributed by atoms with Crippen LogP contribution < -0.4 is 4.90 Å². The summed E-state index contributed by atoms with van der Waals surface area (Å²) in [5.74, 6) is -1.52.